The summed E-state index contributed by atoms with van der Waals surface area (Å²) < 4.78 is 100. The number of carbonyl (C=O) groups is 2. The van der Waals surface area contributed by atoms with Gasteiger partial charge in [-0.05, 0) is 54.8 Å². The molecule has 0 bridgehead atoms. The minimum Gasteiger partial charge on any atom is -0.368 e. The predicted molar refractivity (Wildman–Crippen MR) is 127 cm³/mol. The van der Waals surface area contributed by atoms with E-state index in [0.29, 0.717) is 17.7 Å². The van der Waals surface area contributed by atoms with Crippen LogP contribution in [-0.4, -0.2) is 54.6 Å². The van der Waals surface area contributed by atoms with Crippen molar-refractivity contribution in [3.05, 3.63) is 70.5 Å². The Bertz CT molecular complexity index is 1220. The lowest BCUT2D eigenvalue weighted by Gasteiger charge is -2.37. The van der Waals surface area contributed by atoms with E-state index in [1.807, 2.05) is 0 Å². The minimum atomic E-state index is -5.02. The molecule has 3 unspecified atom stereocenters. The number of benzene rings is 2. The fourth-order valence-corrected chi connectivity index (χ4v) is 5.49. The van der Waals surface area contributed by atoms with Gasteiger partial charge in [-0.3, -0.25) is 14.4 Å². The Balaban J connectivity index is 1.69. The summed E-state index contributed by atoms with van der Waals surface area (Å²) in [5, 5.41) is 1.01. The van der Waals surface area contributed by atoms with E-state index >= 15 is 0 Å². The molecule has 2 fully saturated rings. The second-order valence-electron chi connectivity index (χ2n) is 10.0. The molecule has 2 aliphatic rings. The molecule has 0 spiro atoms. The molecule has 2 aliphatic heterocycles. The van der Waals surface area contributed by atoms with Crippen molar-refractivity contribution in [2.24, 2.45) is 5.92 Å². The second-order valence-corrected chi connectivity index (χ2v) is 10.0. The highest BCUT2D eigenvalue weighted by Crippen LogP contribution is 2.45. The van der Waals surface area contributed by atoms with Gasteiger partial charge in [0.1, 0.15) is 5.82 Å². The zero-order valence-electron chi connectivity index (χ0n) is 21.7. The summed E-state index contributed by atoms with van der Waals surface area (Å²) >= 11 is 0. The molecule has 0 N–H and O–H groups in total. The molecule has 2 aromatic carbocycles. The van der Waals surface area contributed by atoms with Crippen LogP contribution in [0, 0.1) is 11.7 Å². The summed E-state index contributed by atoms with van der Waals surface area (Å²) in [7, 11) is 2.71. The number of fused-ring (bicyclic) bond motifs is 1. The van der Waals surface area contributed by atoms with E-state index in [4.69, 9.17) is 9.57 Å². The molecule has 0 aliphatic carbocycles. The normalized spacial score (nSPS) is 24.1. The van der Waals surface area contributed by atoms with Crippen LogP contribution in [0.2, 0.25) is 0 Å². The quantitative estimate of drug-likeness (QED) is 0.326. The molecule has 2 amide bonds. The average Bonchev–Trinajstić information content (AvgIpc) is 3.25. The molecule has 6 nitrogen and oxygen atoms in total. The largest absolute Gasteiger partial charge is 0.416 e. The third kappa shape index (κ3) is 6.09. The number of halogens is 7. The van der Waals surface area contributed by atoms with Crippen LogP contribution in [0.15, 0.2) is 42.5 Å². The minimum absolute atomic E-state index is 0.0119. The van der Waals surface area contributed by atoms with Crippen molar-refractivity contribution < 1.29 is 49.9 Å². The second kappa shape index (κ2) is 11.0. The lowest BCUT2D eigenvalue weighted by Crippen LogP contribution is -2.48. The summed E-state index contributed by atoms with van der Waals surface area (Å²) in [6.45, 7) is 1.32. The summed E-state index contributed by atoms with van der Waals surface area (Å²) in [5.74, 6) is -2.67. The van der Waals surface area contributed by atoms with Gasteiger partial charge < -0.3 is 9.64 Å². The van der Waals surface area contributed by atoms with E-state index in [0.717, 1.165) is 5.06 Å². The zero-order valence-corrected chi connectivity index (χ0v) is 21.7. The SMILES string of the molecule is CON(C)C(=O)C1CC(=O)N2C[C@H](O[C@H](C)c3cc(C(F)(F)F)cc(C(F)(F)F)c3)C(c3ccc(F)cc3)C2C1. The number of piperidine rings is 1. The monoisotopic (exact) mass is 576 g/mol. The van der Waals surface area contributed by atoms with E-state index in [1.54, 1.807) is 0 Å². The number of amides is 2. The summed E-state index contributed by atoms with van der Waals surface area (Å²) in [4.78, 5) is 32.3. The van der Waals surface area contributed by atoms with Crippen LogP contribution < -0.4 is 0 Å². The molecule has 0 aromatic heterocycles. The van der Waals surface area contributed by atoms with Gasteiger partial charge in [0.15, 0.2) is 0 Å². The number of hydrogen-bond donors (Lipinski definition) is 0. The Kier molecular flexibility index (Phi) is 8.19. The Morgan fingerprint density at radius 1 is 1.02 bits per heavy atom. The van der Waals surface area contributed by atoms with Crippen molar-refractivity contribution in [2.75, 3.05) is 20.7 Å². The Morgan fingerprint density at radius 3 is 2.12 bits per heavy atom. The number of alkyl halides is 6. The molecule has 13 heteroatoms. The molecule has 0 radical (unpaired) electrons. The maximum Gasteiger partial charge on any atom is 0.416 e. The summed E-state index contributed by atoms with van der Waals surface area (Å²) in [5.41, 5.74) is -2.73. The lowest BCUT2D eigenvalue weighted by atomic mass is 9.81. The van der Waals surface area contributed by atoms with Crippen LogP contribution in [0.1, 0.15) is 54.0 Å². The first kappa shape index (κ1) is 29.8. The van der Waals surface area contributed by atoms with Gasteiger partial charge in [0.2, 0.25) is 11.8 Å². The molecule has 0 saturated carbocycles. The van der Waals surface area contributed by atoms with Crippen molar-refractivity contribution in [3.8, 4) is 0 Å². The van der Waals surface area contributed by atoms with Gasteiger partial charge in [0.05, 0.1) is 36.4 Å². The van der Waals surface area contributed by atoms with Gasteiger partial charge in [-0.15, -0.1) is 0 Å². The van der Waals surface area contributed by atoms with Gasteiger partial charge in [-0.25, -0.2) is 9.45 Å². The first-order chi connectivity index (χ1) is 18.6. The van der Waals surface area contributed by atoms with Gasteiger partial charge in [0.25, 0.3) is 0 Å². The van der Waals surface area contributed by atoms with E-state index in [1.165, 1.54) is 50.2 Å². The first-order valence-electron chi connectivity index (χ1n) is 12.4. The number of carbonyl (C=O) groups excluding carboxylic acids is 2. The number of rotatable bonds is 6. The summed E-state index contributed by atoms with van der Waals surface area (Å²) in [6, 6.07) is 6.03. The number of nitrogens with zero attached hydrogens (tertiary/aromatic N) is 2. The maximum absolute atomic E-state index is 13.7. The average molecular weight is 577 g/mol. The maximum atomic E-state index is 13.7. The first-order valence-corrected chi connectivity index (χ1v) is 12.4. The lowest BCUT2D eigenvalue weighted by molar-refractivity contribution is -0.176. The molecule has 5 atom stereocenters. The highest BCUT2D eigenvalue weighted by Gasteiger charge is 2.51. The topological polar surface area (TPSA) is 59.1 Å². The Hall–Kier alpha value is -3.19. The highest BCUT2D eigenvalue weighted by molar-refractivity contribution is 5.87. The van der Waals surface area contributed by atoms with Gasteiger partial charge in [-0.1, -0.05) is 12.1 Å². The van der Waals surface area contributed by atoms with Crippen LogP contribution in [0.3, 0.4) is 0 Å². The van der Waals surface area contributed by atoms with Gasteiger partial charge >= 0.3 is 12.4 Å². The molecule has 2 aromatic rings. The van der Waals surface area contributed by atoms with Crippen LogP contribution in [0.4, 0.5) is 30.7 Å². The third-order valence-corrected chi connectivity index (χ3v) is 7.51. The Labute approximate surface area is 225 Å². The van der Waals surface area contributed by atoms with Crippen LogP contribution >= 0.6 is 0 Å². The molecular formula is C27H27F7N2O4. The van der Waals surface area contributed by atoms with E-state index in [2.05, 4.69) is 0 Å². The molecule has 40 heavy (non-hydrogen) atoms. The number of hydroxylamine groups is 2. The molecular weight excluding hydrogens is 549 g/mol. The molecule has 2 heterocycles. The third-order valence-electron chi connectivity index (χ3n) is 7.51. The molecule has 4 rings (SSSR count). The van der Waals surface area contributed by atoms with E-state index < -0.39 is 65.3 Å². The van der Waals surface area contributed by atoms with Crippen molar-refractivity contribution in [1.29, 1.82) is 0 Å². The molecule has 218 valence electrons. The van der Waals surface area contributed by atoms with Crippen LogP contribution in [-0.2, 0) is 31.5 Å². The predicted octanol–water partition coefficient (Wildman–Crippen LogP) is 5.73. The Morgan fingerprint density at radius 2 is 1.60 bits per heavy atom. The smallest absolute Gasteiger partial charge is 0.368 e. The highest BCUT2D eigenvalue weighted by atomic mass is 19.4. The van der Waals surface area contributed by atoms with Crippen molar-refractivity contribution in [2.45, 2.75) is 56.3 Å². The van der Waals surface area contributed by atoms with Crippen LogP contribution in [0.25, 0.3) is 0 Å². The molecule has 2 saturated heterocycles. The van der Waals surface area contributed by atoms with Crippen molar-refractivity contribution in [3.63, 3.8) is 0 Å². The standard InChI is InChI=1S/C27H27F7N2O4/c1-14(16-8-18(26(29,30)31)12-19(9-16)27(32,33)34)40-22-13-36-21(24(22)15-4-6-20(28)7-5-15)10-17(11-23(36)37)25(38)35(2)39-3/h4-9,12,14,17,21-22,24H,10-11,13H2,1-3H3/t14-,17?,21?,22+,24?/m1/s1. The van der Waals surface area contributed by atoms with Gasteiger partial charge in [-0.2, -0.15) is 26.3 Å². The van der Waals surface area contributed by atoms with Crippen molar-refractivity contribution >= 4 is 11.8 Å². The fourth-order valence-electron chi connectivity index (χ4n) is 5.49. The van der Waals surface area contributed by atoms with Crippen LogP contribution in [0.5, 0.6) is 0 Å². The summed E-state index contributed by atoms with van der Waals surface area (Å²) in [6.07, 6.45) is -12.1. The number of hydrogen-bond acceptors (Lipinski definition) is 4. The fraction of sp³-hybridized carbons (Fsp3) is 0.481. The number of ether oxygens (including phenoxy) is 1. The van der Waals surface area contributed by atoms with Gasteiger partial charge in [0, 0.05) is 32.0 Å². The van der Waals surface area contributed by atoms with Crippen molar-refractivity contribution in [1.82, 2.24) is 9.96 Å². The van der Waals surface area contributed by atoms with E-state index in [9.17, 15) is 40.3 Å². The zero-order chi connectivity index (χ0) is 29.6. The van der Waals surface area contributed by atoms with E-state index in [-0.39, 0.29) is 36.9 Å².